The van der Waals surface area contributed by atoms with Gasteiger partial charge in [-0.2, -0.15) is 0 Å². The standard InChI is InChI=1S/C30H26ClNO6/c1-5-13-37-24-11-8-18(15-25(24)36-6-2)27-26-28(33)20-14-17(3)7-10-22(20)38-29(26)30(34)32(27)19-9-12-23(35-4)21(31)16-19/h5,7-12,14-16,27H,1,6,13H2,2-4H3. The van der Waals surface area contributed by atoms with Gasteiger partial charge >= 0.3 is 0 Å². The summed E-state index contributed by atoms with van der Waals surface area (Å²) in [6.07, 6.45) is 1.64. The highest BCUT2D eigenvalue weighted by atomic mass is 35.5. The molecule has 0 bridgehead atoms. The second-order valence-corrected chi connectivity index (χ2v) is 9.22. The van der Waals surface area contributed by atoms with E-state index in [2.05, 4.69) is 6.58 Å². The molecule has 1 amide bonds. The Bertz CT molecular complexity index is 1630. The maximum absolute atomic E-state index is 13.9. The lowest BCUT2D eigenvalue weighted by Gasteiger charge is -2.26. The number of hydrogen-bond donors (Lipinski definition) is 0. The van der Waals surface area contributed by atoms with E-state index < -0.39 is 11.9 Å². The number of ether oxygens (including phenoxy) is 3. The second kappa shape index (κ2) is 10.3. The maximum Gasteiger partial charge on any atom is 0.295 e. The molecule has 0 aliphatic carbocycles. The molecule has 1 atom stereocenters. The quantitative estimate of drug-likeness (QED) is 0.242. The molecule has 38 heavy (non-hydrogen) atoms. The van der Waals surface area contributed by atoms with Crippen molar-refractivity contribution < 1.29 is 23.4 Å². The number of hydrogen-bond acceptors (Lipinski definition) is 6. The molecular weight excluding hydrogens is 506 g/mol. The summed E-state index contributed by atoms with van der Waals surface area (Å²) in [5.74, 6) is 1.03. The normalized spacial score (nSPS) is 14.5. The molecule has 0 radical (unpaired) electrons. The number of rotatable bonds is 8. The highest BCUT2D eigenvalue weighted by molar-refractivity contribution is 6.32. The minimum absolute atomic E-state index is 0.00626. The third kappa shape index (κ3) is 4.29. The Kier molecular flexibility index (Phi) is 6.87. The van der Waals surface area contributed by atoms with E-state index in [9.17, 15) is 9.59 Å². The van der Waals surface area contributed by atoms with E-state index in [0.717, 1.165) is 5.56 Å². The van der Waals surface area contributed by atoms with Gasteiger partial charge in [-0.1, -0.05) is 42.0 Å². The molecule has 1 aliphatic heterocycles. The van der Waals surface area contributed by atoms with Crippen LogP contribution in [0.15, 0.2) is 76.5 Å². The van der Waals surface area contributed by atoms with Crippen LogP contribution in [0.2, 0.25) is 5.02 Å². The summed E-state index contributed by atoms with van der Waals surface area (Å²) in [6.45, 7) is 8.16. The number of amides is 1. The fraction of sp³-hybridized carbons (Fsp3) is 0.200. The van der Waals surface area contributed by atoms with Gasteiger partial charge in [-0.05, 0) is 61.9 Å². The molecule has 5 rings (SSSR count). The van der Waals surface area contributed by atoms with E-state index in [0.29, 0.717) is 57.7 Å². The van der Waals surface area contributed by atoms with E-state index in [-0.39, 0.29) is 16.8 Å². The van der Waals surface area contributed by atoms with Gasteiger partial charge in [0.2, 0.25) is 5.76 Å². The number of carbonyl (C=O) groups is 1. The highest BCUT2D eigenvalue weighted by Gasteiger charge is 2.44. The summed E-state index contributed by atoms with van der Waals surface area (Å²) in [5, 5.41) is 0.739. The number of nitrogens with zero attached hydrogens (tertiary/aromatic N) is 1. The molecule has 1 aromatic heterocycles. The summed E-state index contributed by atoms with van der Waals surface area (Å²) in [6, 6.07) is 14.9. The van der Waals surface area contributed by atoms with Gasteiger partial charge in [-0.3, -0.25) is 14.5 Å². The molecule has 3 aromatic carbocycles. The molecule has 0 fully saturated rings. The molecule has 0 spiro atoms. The Balaban J connectivity index is 1.76. The zero-order valence-corrected chi connectivity index (χ0v) is 22.0. The number of halogens is 1. The molecule has 7 nitrogen and oxygen atoms in total. The van der Waals surface area contributed by atoms with Crippen LogP contribution >= 0.6 is 11.6 Å². The molecule has 0 saturated carbocycles. The first-order valence-electron chi connectivity index (χ1n) is 12.1. The van der Waals surface area contributed by atoms with E-state index in [1.807, 2.05) is 26.0 Å². The summed E-state index contributed by atoms with van der Waals surface area (Å²) in [5.41, 5.74) is 2.38. The van der Waals surface area contributed by atoms with Crippen LogP contribution in [0.1, 0.15) is 40.2 Å². The van der Waals surface area contributed by atoms with Crippen molar-refractivity contribution in [3.05, 3.63) is 105 Å². The Hall–Kier alpha value is -4.23. The van der Waals surface area contributed by atoms with E-state index >= 15 is 0 Å². The number of fused-ring (bicyclic) bond motifs is 2. The molecule has 8 heteroatoms. The lowest BCUT2D eigenvalue weighted by atomic mass is 9.97. The minimum Gasteiger partial charge on any atom is -0.495 e. The molecule has 4 aromatic rings. The van der Waals surface area contributed by atoms with Gasteiger partial charge in [-0.25, -0.2) is 0 Å². The van der Waals surface area contributed by atoms with E-state index in [1.165, 1.54) is 12.0 Å². The summed E-state index contributed by atoms with van der Waals surface area (Å²) in [4.78, 5) is 29.3. The van der Waals surface area contributed by atoms with Crippen LogP contribution in [0.4, 0.5) is 5.69 Å². The number of methoxy groups -OCH3 is 1. The predicted molar refractivity (Wildman–Crippen MR) is 147 cm³/mol. The third-order valence-electron chi connectivity index (χ3n) is 6.38. The average molecular weight is 532 g/mol. The van der Waals surface area contributed by atoms with Gasteiger partial charge in [0.05, 0.1) is 35.7 Å². The average Bonchev–Trinajstić information content (AvgIpc) is 3.20. The van der Waals surface area contributed by atoms with E-state index in [1.54, 1.807) is 48.5 Å². The van der Waals surface area contributed by atoms with Crippen molar-refractivity contribution in [2.75, 3.05) is 25.2 Å². The molecule has 0 N–H and O–H groups in total. The van der Waals surface area contributed by atoms with Gasteiger partial charge in [0.25, 0.3) is 5.91 Å². The molecule has 1 unspecified atom stereocenters. The van der Waals surface area contributed by atoms with Crippen LogP contribution in [0.5, 0.6) is 17.2 Å². The summed E-state index contributed by atoms with van der Waals surface area (Å²) in [7, 11) is 1.52. The monoisotopic (exact) mass is 531 g/mol. The molecule has 0 saturated heterocycles. The Morgan fingerprint density at radius 1 is 1.03 bits per heavy atom. The molecule has 1 aliphatic rings. The molecule has 2 heterocycles. The van der Waals surface area contributed by atoms with Crippen LogP contribution in [0.3, 0.4) is 0 Å². The van der Waals surface area contributed by atoms with Crippen LogP contribution < -0.4 is 24.5 Å². The summed E-state index contributed by atoms with van der Waals surface area (Å²) >= 11 is 6.44. The summed E-state index contributed by atoms with van der Waals surface area (Å²) < 4.78 is 23.0. The fourth-order valence-corrected chi connectivity index (χ4v) is 4.96. The Morgan fingerprint density at radius 2 is 1.82 bits per heavy atom. The topological polar surface area (TPSA) is 78.2 Å². The highest BCUT2D eigenvalue weighted by Crippen LogP contribution is 2.44. The van der Waals surface area contributed by atoms with Crippen molar-refractivity contribution in [3.8, 4) is 17.2 Å². The van der Waals surface area contributed by atoms with Gasteiger partial charge in [0, 0.05) is 5.69 Å². The van der Waals surface area contributed by atoms with Gasteiger partial charge in [-0.15, -0.1) is 0 Å². The van der Waals surface area contributed by atoms with Crippen LogP contribution in [0.25, 0.3) is 11.0 Å². The van der Waals surface area contributed by atoms with Crippen LogP contribution in [0, 0.1) is 6.92 Å². The van der Waals surface area contributed by atoms with Crippen LogP contribution in [-0.2, 0) is 0 Å². The van der Waals surface area contributed by atoms with Crippen LogP contribution in [-0.4, -0.2) is 26.2 Å². The first kappa shape index (κ1) is 25.4. The van der Waals surface area contributed by atoms with Gasteiger partial charge in [0.1, 0.15) is 17.9 Å². The van der Waals surface area contributed by atoms with Gasteiger partial charge < -0.3 is 18.6 Å². The van der Waals surface area contributed by atoms with Crippen molar-refractivity contribution in [1.29, 1.82) is 0 Å². The first-order chi connectivity index (χ1) is 18.4. The van der Waals surface area contributed by atoms with Crippen molar-refractivity contribution in [2.24, 2.45) is 0 Å². The number of carbonyl (C=O) groups excluding carboxylic acids is 1. The SMILES string of the molecule is C=CCOc1ccc(C2c3c(oc4ccc(C)cc4c3=O)C(=O)N2c2ccc(OC)c(Cl)c2)cc1OCC. The second-order valence-electron chi connectivity index (χ2n) is 8.81. The minimum atomic E-state index is -0.796. The zero-order valence-electron chi connectivity index (χ0n) is 21.2. The number of benzene rings is 3. The number of aryl methyl sites for hydroxylation is 1. The lowest BCUT2D eigenvalue weighted by molar-refractivity contribution is 0.0971. The largest absolute Gasteiger partial charge is 0.495 e. The first-order valence-corrected chi connectivity index (χ1v) is 12.5. The predicted octanol–water partition coefficient (Wildman–Crippen LogP) is 6.48. The maximum atomic E-state index is 13.9. The fourth-order valence-electron chi connectivity index (χ4n) is 4.70. The van der Waals surface area contributed by atoms with E-state index in [4.69, 9.17) is 30.2 Å². The Labute approximate surface area is 224 Å². The van der Waals surface area contributed by atoms with Crippen molar-refractivity contribution in [3.63, 3.8) is 0 Å². The Morgan fingerprint density at radius 3 is 2.53 bits per heavy atom. The molecule has 194 valence electrons. The van der Waals surface area contributed by atoms with Crippen molar-refractivity contribution in [1.82, 2.24) is 0 Å². The third-order valence-corrected chi connectivity index (χ3v) is 6.67. The van der Waals surface area contributed by atoms with Crippen molar-refractivity contribution in [2.45, 2.75) is 19.9 Å². The smallest absolute Gasteiger partial charge is 0.295 e. The zero-order chi connectivity index (χ0) is 27.0. The number of anilines is 1. The molecular formula is C30H26ClNO6. The van der Waals surface area contributed by atoms with Gasteiger partial charge in [0.15, 0.2) is 16.9 Å². The van der Waals surface area contributed by atoms with Crippen molar-refractivity contribution >= 4 is 34.2 Å². The lowest BCUT2D eigenvalue weighted by Crippen LogP contribution is -2.29.